The van der Waals surface area contributed by atoms with E-state index in [2.05, 4.69) is 73.7 Å². The second-order valence-corrected chi connectivity index (χ2v) is 8.77. The average molecular weight is 445 g/mol. The molecule has 7 nitrogen and oxygen atoms in total. The zero-order valence-electron chi connectivity index (χ0n) is 19.4. The van der Waals surface area contributed by atoms with Crippen LogP contribution in [-0.2, 0) is 31.3 Å². The van der Waals surface area contributed by atoms with Gasteiger partial charge in [0.05, 0.1) is 19.3 Å². The monoisotopic (exact) mass is 444 g/mol. The number of guanidine groups is 1. The third-order valence-electron chi connectivity index (χ3n) is 6.50. The van der Waals surface area contributed by atoms with Crippen LogP contribution in [-0.4, -0.2) is 53.9 Å². The number of aromatic nitrogens is 2. The van der Waals surface area contributed by atoms with Gasteiger partial charge in [0.1, 0.15) is 6.10 Å². The van der Waals surface area contributed by atoms with Gasteiger partial charge in [-0.3, -0.25) is 9.67 Å². The standard InChI is InChI=1S/C26H32N6O/c1-27-26(32-13-14-33-25(19-32)23-16-29-30(2)18-23)28-15-20-7-9-21(10-8-20)17-31-12-11-22-5-3-4-6-24(22)31/h3-10,16,18,25H,11-15,17,19H2,1-2H3,(H,27,28). The lowest BCUT2D eigenvalue weighted by atomic mass is 10.1. The molecular formula is C26H32N6O. The molecule has 1 fully saturated rings. The molecule has 1 N–H and O–H groups in total. The van der Waals surface area contributed by atoms with Crippen LogP contribution < -0.4 is 10.2 Å². The molecule has 5 rings (SSSR count). The van der Waals surface area contributed by atoms with Crippen molar-refractivity contribution in [2.45, 2.75) is 25.6 Å². The number of ether oxygens (including phenoxy) is 1. The fraction of sp³-hybridized carbons (Fsp3) is 0.385. The van der Waals surface area contributed by atoms with Crippen LogP contribution in [0.3, 0.4) is 0 Å². The number of hydrogen-bond donors (Lipinski definition) is 1. The molecular weight excluding hydrogens is 412 g/mol. The Morgan fingerprint density at radius 1 is 1.12 bits per heavy atom. The first-order chi connectivity index (χ1) is 16.2. The molecule has 0 amide bonds. The maximum Gasteiger partial charge on any atom is 0.194 e. The molecule has 7 heteroatoms. The summed E-state index contributed by atoms with van der Waals surface area (Å²) in [6.07, 6.45) is 5.06. The number of rotatable bonds is 5. The highest BCUT2D eigenvalue weighted by Crippen LogP contribution is 2.28. The number of aliphatic imine (C=N–C) groups is 1. The van der Waals surface area contributed by atoms with Crippen LogP contribution in [0.25, 0.3) is 0 Å². The van der Waals surface area contributed by atoms with Crippen molar-refractivity contribution in [3.8, 4) is 0 Å². The van der Waals surface area contributed by atoms with Crippen molar-refractivity contribution in [1.82, 2.24) is 20.0 Å². The first-order valence-corrected chi connectivity index (χ1v) is 11.7. The summed E-state index contributed by atoms with van der Waals surface area (Å²) in [5, 5.41) is 7.80. The molecule has 0 bridgehead atoms. The highest BCUT2D eigenvalue weighted by molar-refractivity contribution is 5.80. The molecule has 0 saturated carbocycles. The van der Waals surface area contributed by atoms with Crippen molar-refractivity contribution in [1.29, 1.82) is 0 Å². The molecule has 0 aliphatic carbocycles. The first-order valence-electron chi connectivity index (χ1n) is 11.7. The molecule has 2 aliphatic rings. The number of hydrogen-bond acceptors (Lipinski definition) is 4. The van der Waals surface area contributed by atoms with Crippen molar-refractivity contribution in [2.24, 2.45) is 12.0 Å². The Hall–Kier alpha value is -3.32. The van der Waals surface area contributed by atoms with Crippen LogP contribution in [0, 0.1) is 0 Å². The van der Waals surface area contributed by atoms with Gasteiger partial charge in [-0.05, 0) is 29.2 Å². The van der Waals surface area contributed by atoms with E-state index in [-0.39, 0.29) is 6.10 Å². The maximum absolute atomic E-state index is 5.97. The van der Waals surface area contributed by atoms with Crippen LogP contribution in [0.15, 0.2) is 65.9 Å². The number of nitrogens with zero attached hydrogens (tertiary/aromatic N) is 5. The zero-order chi connectivity index (χ0) is 22.6. The van der Waals surface area contributed by atoms with Crippen molar-refractivity contribution in [3.63, 3.8) is 0 Å². The van der Waals surface area contributed by atoms with Crippen LogP contribution in [0.5, 0.6) is 0 Å². The first kappa shape index (κ1) is 21.5. The topological polar surface area (TPSA) is 57.9 Å². The van der Waals surface area contributed by atoms with Gasteiger partial charge in [0.15, 0.2) is 5.96 Å². The average Bonchev–Trinajstić information content (AvgIpc) is 3.47. The van der Waals surface area contributed by atoms with Crippen LogP contribution in [0.1, 0.15) is 28.4 Å². The van der Waals surface area contributed by atoms with Crippen LogP contribution in [0.2, 0.25) is 0 Å². The summed E-state index contributed by atoms with van der Waals surface area (Å²) >= 11 is 0. The molecule has 33 heavy (non-hydrogen) atoms. The lowest BCUT2D eigenvalue weighted by Gasteiger charge is -2.34. The van der Waals surface area contributed by atoms with E-state index in [1.807, 2.05) is 31.2 Å². The van der Waals surface area contributed by atoms with E-state index in [1.54, 1.807) is 0 Å². The number of para-hydroxylation sites is 1. The largest absolute Gasteiger partial charge is 0.370 e. The molecule has 1 saturated heterocycles. The number of benzene rings is 2. The van der Waals surface area contributed by atoms with E-state index in [0.717, 1.165) is 50.7 Å². The second-order valence-electron chi connectivity index (χ2n) is 8.77. The summed E-state index contributed by atoms with van der Waals surface area (Å²) in [7, 11) is 3.77. The van der Waals surface area contributed by atoms with E-state index < -0.39 is 0 Å². The SMILES string of the molecule is CN=C(NCc1ccc(CN2CCc3ccccc32)cc1)N1CCOC(c2cnn(C)c2)C1. The molecule has 0 radical (unpaired) electrons. The van der Waals surface area contributed by atoms with Gasteiger partial charge in [0.2, 0.25) is 0 Å². The second kappa shape index (κ2) is 9.67. The minimum absolute atomic E-state index is 0.0148. The van der Waals surface area contributed by atoms with E-state index in [4.69, 9.17) is 4.74 Å². The number of fused-ring (bicyclic) bond motifs is 1. The number of aryl methyl sites for hydroxylation is 1. The Kier molecular flexibility index (Phi) is 6.30. The lowest BCUT2D eigenvalue weighted by Crippen LogP contribution is -2.47. The molecule has 1 aromatic heterocycles. The fourth-order valence-electron chi connectivity index (χ4n) is 4.72. The van der Waals surface area contributed by atoms with E-state index in [1.165, 1.54) is 22.4 Å². The van der Waals surface area contributed by atoms with E-state index in [0.29, 0.717) is 6.61 Å². The normalized spacial score (nSPS) is 18.5. The quantitative estimate of drug-likeness (QED) is 0.484. The van der Waals surface area contributed by atoms with Crippen molar-refractivity contribution < 1.29 is 4.74 Å². The summed E-state index contributed by atoms with van der Waals surface area (Å²) < 4.78 is 7.79. The Morgan fingerprint density at radius 2 is 1.94 bits per heavy atom. The molecule has 3 aromatic rings. The number of morpholine rings is 1. The zero-order valence-corrected chi connectivity index (χ0v) is 19.4. The highest BCUT2D eigenvalue weighted by Gasteiger charge is 2.25. The molecule has 1 atom stereocenters. The van der Waals surface area contributed by atoms with Gasteiger partial charge < -0.3 is 19.9 Å². The van der Waals surface area contributed by atoms with Crippen molar-refractivity contribution >= 4 is 11.6 Å². The van der Waals surface area contributed by atoms with Gasteiger partial charge in [0, 0.05) is 57.7 Å². The predicted octanol–water partition coefficient (Wildman–Crippen LogP) is 3.13. The van der Waals surface area contributed by atoms with Crippen molar-refractivity contribution in [2.75, 3.05) is 38.2 Å². The fourth-order valence-corrected chi connectivity index (χ4v) is 4.72. The third-order valence-corrected chi connectivity index (χ3v) is 6.50. The van der Waals surface area contributed by atoms with Gasteiger partial charge in [-0.2, -0.15) is 5.10 Å². The summed E-state index contributed by atoms with van der Waals surface area (Å²) in [6, 6.07) is 17.7. The van der Waals surface area contributed by atoms with Gasteiger partial charge in [0.25, 0.3) is 0 Å². The summed E-state index contributed by atoms with van der Waals surface area (Å²) in [5.41, 5.74) is 6.53. The molecule has 1 unspecified atom stereocenters. The molecule has 2 aromatic carbocycles. The Bertz CT molecular complexity index is 1110. The molecule has 2 aliphatic heterocycles. The Labute approximate surface area is 195 Å². The Balaban J connectivity index is 1.16. The number of nitrogens with one attached hydrogen (secondary N) is 1. The molecule has 172 valence electrons. The van der Waals surface area contributed by atoms with Crippen molar-refractivity contribution in [3.05, 3.63) is 83.2 Å². The van der Waals surface area contributed by atoms with E-state index >= 15 is 0 Å². The summed E-state index contributed by atoms with van der Waals surface area (Å²) in [6.45, 7) is 5.06. The highest BCUT2D eigenvalue weighted by atomic mass is 16.5. The maximum atomic E-state index is 5.97. The minimum atomic E-state index is 0.0148. The molecule has 0 spiro atoms. The third kappa shape index (κ3) is 4.88. The van der Waals surface area contributed by atoms with Crippen LogP contribution >= 0.6 is 0 Å². The van der Waals surface area contributed by atoms with Gasteiger partial charge in [-0.1, -0.05) is 42.5 Å². The number of anilines is 1. The van der Waals surface area contributed by atoms with Gasteiger partial charge in [-0.25, -0.2) is 0 Å². The minimum Gasteiger partial charge on any atom is -0.370 e. The Morgan fingerprint density at radius 3 is 2.73 bits per heavy atom. The smallest absolute Gasteiger partial charge is 0.194 e. The van der Waals surface area contributed by atoms with E-state index in [9.17, 15) is 0 Å². The lowest BCUT2D eigenvalue weighted by molar-refractivity contribution is -0.00805. The summed E-state index contributed by atoms with van der Waals surface area (Å²) in [4.78, 5) is 9.25. The summed E-state index contributed by atoms with van der Waals surface area (Å²) in [5.74, 6) is 0.907. The van der Waals surface area contributed by atoms with Gasteiger partial charge >= 0.3 is 0 Å². The molecule has 3 heterocycles. The predicted molar refractivity (Wildman–Crippen MR) is 131 cm³/mol. The van der Waals surface area contributed by atoms with Crippen LogP contribution in [0.4, 0.5) is 5.69 Å². The van der Waals surface area contributed by atoms with Gasteiger partial charge in [-0.15, -0.1) is 0 Å².